The van der Waals surface area contributed by atoms with Gasteiger partial charge < -0.3 is 29.5 Å². The molecule has 7 heteroatoms. The maximum absolute atomic E-state index is 11.8. The third kappa shape index (κ3) is 9.71. The normalized spacial score (nSPS) is 46.3. The predicted molar refractivity (Wildman–Crippen MR) is 282 cm³/mol. The Hall–Kier alpha value is -1.25. The largest absolute Gasteiger partial charge is 0.458 e. The van der Waals surface area contributed by atoms with E-state index in [9.17, 15) is 20.1 Å². The molecule has 2 saturated heterocycles. The molecule has 0 radical (unpaired) electrons. The Morgan fingerprint density at radius 2 is 1.14 bits per heavy atom. The summed E-state index contributed by atoms with van der Waals surface area (Å²) in [4.78, 5) is 11.7. The molecule has 0 aromatic rings. The average Bonchev–Trinajstić information content (AvgIpc) is 3.98. The lowest BCUT2D eigenvalue weighted by Crippen LogP contribution is -2.62. The second kappa shape index (κ2) is 20.1. The third-order valence-corrected chi connectivity index (χ3v) is 23.5. The number of rotatable bonds is 8. The van der Waals surface area contributed by atoms with E-state index in [4.69, 9.17) is 14.2 Å². The summed E-state index contributed by atoms with van der Waals surface area (Å²) in [5.41, 5.74) is 2.11. The van der Waals surface area contributed by atoms with Crippen molar-refractivity contribution < 1.29 is 34.3 Å². The number of aliphatic hydroxyl groups excluding tert-OH is 1. The van der Waals surface area contributed by atoms with Crippen LogP contribution in [0.5, 0.6) is 0 Å². The van der Waals surface area contributed by atoms with Crippen LogP contribution in [0.4, 0.5) is 0 Å². The second-order valence-corrected chi connectivity index (χ2v) is 28.5. The molecule has 6 aliphatic carbocycles. The minimum atomic E-state index is -0.683. The van der Waals surface area contributed by atoms with E-state index in [1.54, 1.807) is 0 Å². The Bertz CT molecular complexity index is 1860. The number of aliphatic hydroxyl groups is 3. The zero-order valence-electron chi connectivity index (χ0n) is 47.1. The predicted octanol–water partition coefficient (Wildman–Crippen LogP) is 14.7. The van der Waals surface area contributed by atoms with Crippen LogP contribution in [0.15, 0.2) is 23.3 Å². The zero-order chi connectivity index (χ0) is 50.7. The summed E-state index contributed by atoms with van der Waals surface area (Å²) in [5, 5.41) is 33.2. The summed E-state index contributed by atoms with van der Waals surface area (Å²) in [7, 11) is 0. The van der Waals surface area contributed by atoms with Gasteiger partial charge in [0.15, 0.2) is 0 Å². The zero-order valence-corrected chi connectivity index (χ0v) is 47.1. The highest BCUT2D eigenvalue weighted by atomic mass is 16.6. The van der Waals surface area contributed by atoms with Crippen molar-refractivity contribution >= 4 is 5.97 Å². The number of carbonyl (C=O) groups excluding carboxylic acids is 1. The van der Waals surface area contributed by atoms with E-state index >= 15 is 0 Å². The molecule has 69 heavy (non-hydrogen) atoms. The summed E-state index contributed by atoms with van der Waals surface area (Å²) < 4.78 is 18.1. The molecule has 3 aliphatic heterocycles. The van der Waals surface area contributed by atoms with E-state index in [2.05, 4.69) is 103 Å². The molecule has 0 amide bonds. The van der Waals surface area contributed by atoms with Crippen molar-refractivity contribution in [2.24, 2.45) is 68.0 Å². The third-order valence-electron chi connectivity index (χ3n) is 23.5. The van der Waals surface area contributed by atoms with Gasteiger partial charge in [-0.05, 0) is 203 Å². The number of cyclic esters (lactones) is 1. The Morgan fingerprint density at radius 3 is 1.61 bits per heavy atom. The molecular weight excluding hydrogens is 857 g/mol. The van der Waals surface area contributed by atoms with Gasteiger partial charge in [0.05, 0.1) is 41.7 Å². The lowest BCUT2D eigenvalue weighted by Gasteiger charge is -2.64. The van der Waals surface area contributed by atoms with Gasteiger partial charge >= 0.3 is 5.97 Å². The minimum Gasteiger partial charge on any atom is -0.458 e. The fourth-order valence-corrected chi connectivity index (χ4v) is 19.4. The molecule has 2 spiro atoms. The first-order valence-corrected chi connectivity index (χ1v) is 29.1. The number of fused-ring (bicyclic) bond motifs is 4. The molecule has 0 aromatic heterocycles. The van der Waals surface area contributed by atoms with Crippen molar-refractivity contribution in [2.45, 2.75) is 273 Å². The quantitative estimate of drug-likeness (QED) is 0.164. The summed E-state index contributed by atoms with van der Waals surface area (Å²) in [6.45, 7) is 34.4. The van der Waals surface area contributed by atoms with Crippen LogP contribution in [-0.4, -0.2) is 69.6 Å². The highest BCUT2D eigenvalue weighted by Crippen LogP contribution is 2.69. The van der Waals surface area contributed by atoms with Crippen LogP contribution >= 0.6 is 0 Å². The molecule has 3 N–H and O–H groups in total. The van der Waals surface area contributed by atoms with Crippen molar-refractivity contribution in [1.29, 1.82) is 0 Å². The van der Waals surface area contributed by atoms with Gasteiger partial charge in [-0.15, -0.1) is 0 Å². The molecular formula is C62H106O7. The number of allylic oxidation sites excluding steroid dienone is 1. The van der Waals surface area contributed by atoms with Crippen LogP contribution < -0.4 is 0 Å². The van der Waals surface area contributed by atoms with Crippen molar-refractivity contribution in [2.75, 3.05) is 19.8 Å². The maximum Gasteiger partial charge on any atom is 0.334 e. The standard InChI is InChI=1S/C21H36O2.C21H38O2.C20H32O3/c1-15-7-8-17-18(3,4)9-6-10-19(17,5)21(15)12-11-20(23-21)13-16(2)22-14-20;1-6-8-17(15-22)11-14-21(23)16(2)9-10-18-19(3,4)12-7-13-20(18,21)5;1-14-6-7-16-18(2,3)10-5-11-19(16,4)20(14,22)12-8-15-9-13-23-17(15)21/h15-17H,6-14H2,1-5H3;8,16,18,22-23H,6-7,9-15H2,1-5H3;9,14,16,22H,5-8,10-13H2,1-4H3/b;17-8-;/t15-,16-,17+,19+,20+,21-;16-,18+,20+,21-;14-,16+,19+,20-/m111/s1. The maximum atomic E-state index is 11.8. The van der Waals surface area contributed by atoms with Crippen LogP contribution in [0.25, 0.3) is 0 Å². The van der Waals surface area contributed by atoms with Gasteiger partial charge in [-0.2, -0.15) is 0 Å². The van der Waals surface area contributed by atoms with Crippen molar-refractivity contribution in [3.05, 3.63) is 23.3 Å². The van der Waals surface area contributed by atoms with E-state index in [1.807, 2.05) is 6.08 Å². The molecule has 0 aromatic carbocycles. The van der Waals surface area contributed by atoms with Gasteiger partial charge in [-0.1, -0.05) is 115 Å². The molecule has 9 rings (SSSR count). The molecule has 8 fully saturated rings. The lowest BCUT2D eigenvalue weighted by molar-refractivity contribution is -0.246. The van der Waals surface area contributed by atoms with E-state index in [-0.39, 0.29) is 40.5 Å². The summed E-state index contributed by atoms with van der Waals surface area (Å²) in [6, 6.07) is 0. The van der Waals surface area contributed by atoms with E-state index in [1.165, 1.54) is 83.5 Å². The van der Waals surface area contributed by atoms with Gasteiger partial charge in [0.1, 0.15) is 6.61 Å². The molecule has 0 bridgehead atoms. The fraction of sp³-hybridized carbons (Fsp3) is 0.919. The molecule has 9 aliphatic rings. The van der Waals surface area contributed by atoms with E-state index < -0.39 is 11.2 Å². The second-order valence-electron chi connectivity index (χ2n) is 28.5. The Morgan fingerprint density at radius 1 is 0.652 bits per heavy atom. The molecule has 396 valence electrons. The Balaban J connectivity index is 0.000000153. The number of hydrogen-bond acceptors (Lipinski definition) is 7. The first-order chi connectivity index (χ1) is 32.1. The number of esters is 1. The first kappa shape index (κ1) is 55.5. The first-order valence-electron chi connectivity index (χ1n) is 29.1. The van der Waals surface area contributed by atoms with Crippen molar-refractivity contribution in [3.63, 3.8) is 0 Å². The molecule has 6 saturated carbocycles. The Kier molecular flexibility index (Phi) is 16.2. The van der Waals surface area contributed by atoms with Gasteiger partial charge in [-0.3, -0.25) is 0 Å². The van der Waals surface area contributed by atoms with Gasteiger partial charge in [0, 0.05) is 17.4 Å². The van der Waals surface area contributed by atoms with Crippen LogP contribution in [0.1, 0.15) is 245 Å². The number of ether oxygens (including phenoxy) is 3. The number of carbonyl (C=O) groups is 1. The monoisotopic (exact) mass is 963 g/mol. The van der Waals surface area contributed by atoms with E-state index in [0.717, 1.165) is 75.0 Å². The molecule has 3 heterocycles. The van der Waals surface area contributed by atoms with Crippen LogP contribution in [0, 0.1) is 68.0 Å². The van der Waals surface area contributed by atoms with Crippen LogP contribution in [-0.2, 0) is 19.0 Å². The van der Waals surface area contributed by atoms with Crippen molar-refractivity contribution in [1.82, 2.24) is 0 Å². The molecule has 0 unspecified atom stereocenters. The van der Waals surface area contributed by atoms with Crippen LogP contribution in [0.3, 0.4) is 0 Å². The summed E-state index contributed by atoms with van der Waals surface area (Å²) in [5.74, 6) is 3.12. The minimum absolute atomic E-state index is 0.0131. The molecule has 14 atom stereocenters. The van der Waals surface area contributed by atoms with Crippen LogP contribution in [0.2, 0.25) is 0 Å². The van der Waals surface area contributed by atoms with E-state index in [0.29, 0.717) is 70.9 Å². The van der Waals surface area contributed by atoms with Gasteiger partial charge in [0.2, 0.25) is 0 Å². The highest BCUT2D eigenvalue weighted by molar-refractivity contribution is 5.90. The fourth-order valence-electron chi connectivity index (χ4n) is 19.4. The lowest BCUT2D eigenvalue weighted by atomic mass is 9.44. The average molecular weight is 964 g/mol. The highest BCUT2D eigenvalue weighted by Gasteiger charge is 2.68. The van der Waals surface area contributed by atoms with Gasteiger partial charge in [0.25, 0.3) is 0 Å². The molecule has 7 nitrogen and oxygen atoms in total. The van der Waals surface area contributed by atoms with Crippen molar-refractivity contribution in [3.8, 4) is 0 Å². The topological polar surface area (TPSA) is 105 Å². The number of hydrogen-bond donors (Lipinski definition) is 3. The summed E-state index contributed by atoms with van der Waals surface area (Å²) >= 11 is 0. The SMILES string of the molecule is CC/C=C(\CO)CC[C@@]1(O)[C@H](C)CC[C@H]2C(C)(C)CCC[C@@]21C.C[C@@H]1CC[C@H]2C(C)(C)CCC[C@]2(C)[C@@]1(O)CCC1=CCOC1=O.C[C@@H]1C[C@@]2(CC[C@@]3(O2)[C@H](C)CC[C@H]2C(C)(C)CCC[C@@]23C)CO1. The van der Waals surface area contributed by atoms with Gasteiger partial charge in [-0.25, -0.2) is 4.79 Å². The smallest absolute Gasteiger partial charge is 0.334 e. The Labute approximate surface area is 422 Å². The summed E-state index contributed by atoms with van der Waals surface area (Å²) in [6.07, 6.45) is 30.6.